The van der Waals surface area contributed by atoms with E-state index in [1.54, 1.807) is 0 Å². The molecule has 2 N–H and O–H groups in total. The molecular formula is C13H8ClFN2O4. The van der Waals surface area contributed by atoms with Crippen molar-refractivity contribution < 1.29 is 19.2 Å². The second kappa shape index (κ2) is 5.76. The Morgan fingerprint density at radius 1 is 1.24 bits per heavy atom. The van der Waals surface area contributed by atoms with Crippen LogP contribution in [0.3, 0.4) is 0 Å². The number of anilines is 2. The van der Waals surface area contributed by atoms with Gasteiger partial charge < -0.3 is 10.4 Å². The van der Waals surface area contributed by atoms with Gasteiger partial charge in [-0.15, -0.1) is 0 Å². The van der Waals surface area contributed by atoms with Gasteiger partial charge in [0.15, 0.2) is 0 Å². The number of nitro benzene ring substituents is 1. The van der Waals surface area contributed by atoms with Gasteiger partial charge in [0.25, 0.3) is 5.69 Å². The zero-order valence-corrected chi connectivity index (χ0v) is 11.1. The van der Waals surface area contributed by atoms with Crippen LogP contribution in [-0.4, -0.2) is 16.0 Å². The van der Waals surface area contributed by atoms with Crippen molar-refractivity contribution in [2.75, 3.05) is 5.32 Å². The molecule has 0 aromatic heterocycles. The van der Waals surface area contributed by atoms with Crippen molar-refractivity contribution in [2.45, 2.75) is 0 Å². The smallest absolute Gasteiger partial charge is 0.342 e. The molecule has 0 atom stereocenters. The van der Waals surface area contributed by atoms with Crippen LogP contribution in [0.5, 0.6) is 0 Å². The molecule has 0 spiro atoms. The van der Waals surface area contributed by atoms with Gasteiger partial charge in [0, 0.05) is 17.4 Å². The molecule has 108 valence electrons. The summed E-state index contributed by atoms with van der Waals surface area (Å²) in [7, 11) is 0. The van der Waals surface area contributed by atoms with Gasteiger partial charge in [-0.2, -0.15) is 0 Å². The van der Waals surface area contributed by atoms with E-state index in [1.807, 2.05) is 0 Å². The van der Waals surface area contributed by atoms with E-state index in [-0.39, 0.29) is 10.7 Å². The van der Waals surface area contributed by atoms with E-state index in [0.29, 0.717) is 5.69 Å². The maximum atomic E-state index is 13.3. The summed E-state index contributed by atoms with van der Waals surface area (Å²) in [6.07, 6.45) is 0. The molecule has 0 unspecified atom stereocenters. The number of carboxylic acids is 1. The quantitative estimate of drug-likeness (QED) is 0.661. The minimum Gasteiger partial charge on any atom is -0.477 e. The van der Waals surface area contributed by atoms with E-state index >= 15 is 0 Å². The van der Waals surface area contributed by atoms with Crippen LogP contribution in [0.15, 0.2) is 36.4 Å². The fourth-order valence-electron chi connectivity index (χ4n) is 1.68. The molecule has 2 rings (SSSR count). The highest BCUT2D eigenvalue weighted by atomic mass is 35.5. The molecule has 0 radical (unpaired) electrons. The van der Waals surface area contributed by atoms with Crippen LogP contribution >= 0.6 is 11.6 Å². The van der Waals surface area contributed by atoms with Crippen LogP contribution in [0.25, 0.3) is 0 Å². The van der Waals surface area contributed by atoms with Crippen LogP contribution in [0.1, 0.15) is 10.4 Å². The average molecular weight is 311 g/mol. The molecule has 0 aliphatic heterocycles. The number of nitrogens with zero attached hydrogens (tertiary/aromatic N) is 1. The number of nitrogens with one attached hydrogen (secondary N) is 1. The van der Waals surface area contributed by atoms with Crippen LogP contribution in [0.4, 0.5) is 21.5 Å². The molecule has 0 saturated carbocycles. The van der Waals surface area contributed by atoms with E-state index in [1.165, 1.54) is 18.2 Å². The van der Waals surface area contributed by atoms with Gasteiger partial charge in [0.1, 0.15) is 11.4 Å². The Labute approximate surface area is 122 Å². The fraction of sp³-hybridized carbons (Fsp3) is 0. The van der Waals surface area contributed by atoms with Gasteiger partial charge >= 0.3 is 5.97 Å². The highest BCUT2D eigenvalue weighted by Crippen LogP contribution is 2.27. The van der Waals surface area contributed by atoms with Gasteiger partial charge in [-0.25, -0.2) is 9.18 Å². The number of rotatable bonds is 4. The molecule has 2 aromatic rings. The van der Waals surface area contributed by atoms with Crippen molar-refractivity contribution >= 4 is 34.6 Å². The predicted octanol–water partition coefficient (Wildman–Crippen LogP) is 3.83. The number of hydrogen-bond donors (Lipinski definition) is 2. The topological polar surface area (TPSA) is 92.5 Å². The number of carbonyl (C=O) groups is 1. The third-order valence-corrected chi connectivity index (χ3v) is 2.94. The summed E-state index contributed by atoms with van der Waals surface area (Å²) in [5, 5.41) is 22.4. The Kier molecular flexibility index (Phi) is 4.04. The third-order valence-electron chi connectivity index (χ3n) is 2.63. The van der Waals surface area contributed by atoms with Crippen LogP contribution in [-0.2, 0) is 0 Å². The number of carboxylic acid groups (broad SMARTS) is 1. The molecule has 8 heteroatoms. The first-order valence-electron chi connectivity index (χ1n) is 5.62. The highest BCUT2D eigenvalue weighted by Gasteiger charge is 2.20. The van der Waals surface area contributed by atoms with Gasteiger partial charge in [-0.1, -0.05) is 11.6 Å². The molecule has 0 aliphatic rings. The van der Waals surface area contributed by atoms with Crippen LogP contribution < -0.4 is 5.32 Å². The Morgan fingerprint density at radius 3 is 2.43 bits per heavy atom. The number of hydrogen-bond acceptors (Lipinski definition) is 4. The van der Waals surface area contributed by atoms with Crippen molar-refractivity contribution in [1.29, 1.82) is 0 Å². The number of halogens is 2. The molecule has 6 nitrogen and oxygen atoms in total. The Bertz CT molecular complexity index is 736. The van der Waals surface area contributed by atoms with Crippen LogP contribution in [0, 0.1) is 15.9 Å². The van der Waals surface area contributed by atoms with E-state index in [4.69, 9.17) is 16.7 Å². The van der Waals surface area contributed by atoms with Crippen LogP contribution in [0.2, 0.25) is 5.02 Å². The Balaban J connectivity index is 2.36. The Morgan fingerprint density at radius 2 is 1.86 bits per heavy atom. The van der Waals surface area contributed by atoms with Crippen molar-refractivity contribution in [3.8, 4) is 0 Å². The second-order valence-corrected chi connectivity index (χ2v) is 4.46. The summed E-state index contributed by atoms with van der Waals surface area (Å²) in [6, 6.07) is 7.47. The fourth-order valence-corrected chi connectivity index (χ4v) is 1.80. The first-order chi connectivity index (χ1) is 9.88. The Hall–Kier alpha value is -2.67. The lowest BCUT2D eigenvalue weighted by atomic mass is 10.1. The summed E-state index contributed by atoms with van der Waals surface area (Å²) in [5.74, 6) is -2.04. The first kappa shape index (κ1) is 14.7. The average Bonchev–Trinajstić information content (AvgIpc) is 2.42. The maximum absolute atomic E-state index is 13.3. The van der Waals surface area contributed by atoms with Gasteiger partial charge in [-0.05, 0) is 30.3 Å². The van der Waals surface area contributed by atoms with E-state index in [0.717, 1.165) is 18.2 Å². The number of benzene rings is 2. The molecule has 2 aromatic carbocycles. The van der Waals surface area contributed by atoms with Gasteiger partial charge in [-0.3, -0.25) is 10.1 Å². The molecular weight excluding hydrogens is 303 g/mol. The summed E-state index contributed by atoms with van der Waals surface area (Å²) in [5.41, 5.74) is -0.391. The summed E-state index contributed by atoms with van der Waals surface area (Å²) >= 11 is 5.55. The third kappa shape index (κ3) is 3.26. The lowest BCUT2D eigenvalue weighted by Crippen LogP contribution is -2.03. The maximum Gasteiger partial charge on any atom is 0.342 e. The van der Waals surface area contributed by atoms with Gasteiger partial charge in [0.2, 0.25) is 0 Å². The lowest BCUT2D eigenvalue weighted by Gasteiger charge is -2.08. The number of nitro groups is 1. The van der Waals surface area contributed by atoms with Crippen molar-refractivity contribution in [3.05, 3.63) is 62.9 Å². The SMILES string of the molecule is O=C(O)c1ccc(Nc2ccc(Cl)c(F)c2)cc1[N+](=O)[O-]. The normalized spacial score (nSPS) is 10.2. The van der Waals surface area contributed by atoms with E-state index < -0.39 is 28.0 Å². The summed E-state index contributed by atoms with van der Waals surface area (Å²) in [6.45, 7) is 0. The monoisotopic (exact) mass is 310 g/mol. The molecule has 0 fully saturated rings. The molecule has 21 heavy (non-hydrogen) atoms. The zero-order valence-electron chi connectivity index (χ0n) is 10.3. The van der Waals surface area contributed by atoms with Gasteiger partial charge in [0.05, 0.1) is 9.95 Å². The minimum atomic E-state index is -1.40. The summed E-state index contributed by atoms with van der Waals surface area (Å²) in [4.78, 5) is 21.0. The van der Waals surface area contributed by atoms with E-state index in [9.17, 15) is 19.3 Å². The standard InChI is InChI=1S/C13H8ClFN2O4/c14-10-4-2-7(5-11(10)15)16-8-1-3-9(13(18)19)12(6-8)17(20)21/h1-6,16H,(H,18,19). The highest BCUT2D eigenvalue weighted by molar-refractivity contribution is 6.30. The molecule has 0 saturated heterocycles. The molecule has 0 amide bonds. The second-order valence-electron chi connectivity index (χ2n) is 4.05. The zero-order chi connectivity index (χ0) is 15.6. The molecule has 0 bridgehead atoms. The molecule has 0 aliphatic carbocycles. The van der Waals surface area contributed by atoms with Crippen molar-refractivity contribution in [2.24, 2.45) is 0 Å². The van der Waals surface area contributed by atoms with Crippen molar-refractivity contribution in [1.82, 2.24) is 0 Å². The minimum absolute atomic E-state index is 0.0484. The number of aromatic carboxylic acids is 1. The molecule has 0 heterocycles. The summed E-state index contributed by atoms with van der Waals surface area (Å²) < 4.78 is 13.3. The predicted molar refractivity (Wildman–Crippen MR) is 74.7 cm³/mol. The van der Waals surface area contributed by atoms with Crippen molar-refractivity contribution in [3.63, 3.8) is 0 Å². The van der Waals surface area contributed by atoms with E-state index in [2.05, 4.69) is 5.32 Å². The lowest BCUT2D eigenvalue weighted by molar-refractivity contribution is -0.385. The first-order valence-corrected chi connectivity index (χ1v) is 6.00. The largest absolute Gasteiger partial charge is 0.477 e.